The number of rotatable bonds is 10. The molecule has 6 heteroatoms. The molecule has 3 aromatic rings. The van der Waals surface area contributed by atoms with E-state index in [9.17, 15) is 0 Å². The molecular weight excluding hydrogens is 372 g/mol. The van der Waals surface area contributed by atoms with Gasteiger partial charge in [0.1, 0.15) is 6.61 Å². The number of hydrogen-bond acceptors (Lipinski definition) is 6. The smallest absolute Gasteiger partial charge is 0.213 e. The molecule has 0 saturated heterocycles. The van der Waals surface area contributed by atoms with E-state index in [2.05, 4.69) is 22.4 Å². The molecule has 3 rings (SSSR count). The summed E-state index contributed by atoms with van der Waals surface area (Å²) < 4.78 is 16.9. The third-order valence-electron chi connectivity index (χ3n) is 3.99. The minimum absolute atomic E-state index is 0.128. The van der Waals surface area contributed by atoms with Crippen molar-refractivity contribution in [3.63, 3.8) is 0 Å². The molecule has 0 saturated carbocycles. The van der Waals surface area contributed by atoms with Gasteiger partial charge < -0.3 is 19.5 Å². The number of thiophene rings is 1. The first-order chi connectivity index (χ1) is 13.6. The molecule has 0 aliphatic heterocycles. The van der Waals surface area contributed by atoms with E-state index in [-0.39, 0.29) is 6.10 Å². The zero-order valence-electron chi connectivity index (χ0n) is 16.5. The minimum atomic E-state index is 0.128. The molecule has 148 valence electrons. The number of nitrogens with zero attached hydrogens (tertiary/aromatic N) is 1. The second-order valence-corrected chi connectivity index (χ2v) is 7.66. The Bertz CT molecular complexity index is 849. The van der Waals surface area contributed by atoms with Crippen LogP contribution in [0.25, 0.3) is 0 Å². The fourth-order valence-corrected chi connectivity index (χ4v) is 3.28. The highest BCUT2D eigenvalue weighted by Gasteiger charge is 2.07. The average molecular weight is 399 g/mol. The summed E-state index contributed by atoms with van der Waals surface area (Å²) in [5.41, 5.74) is 2.24. The maximum atomic E-state index is 5.88. The van der Waals surface area contributed by atoms with Crippen molar-refractivity contribution >= 4 is 11.3 Å². The van der Waals surface area contributed by atoms with Crippen molar-refractivity contribution in [3.05, 3.63) is 70.0 Å². The fraction of sp³-hybridized carbons (Fsp3) is 0.318. The zero-order chi connectivity index (χ0) is 19.8. The van der Waals surface area contributed by atoms with Crippen LogP contribution in [0, 0.1) is 0 Å². The van der Waals surface area contributed by atoms with Gasteiger partial charge in [-0.15, -0.1) is 11.3 Å². The monoisotopic (exact) mass is 398 g/mol. The SMILES string of the molecule is COc1cc(CNCc2ccc(OC(C)C)nc2)ccc1OCc1cccs1. The lowest BCUT2D eigenvalue weighted by Gasteiger charge is -2.12. The van der Waals surface area contributed by atoms with Gasteiger partial charge in [-0.3, -0.25) is 0 Å². The summed E-state index contributed by atoms with van der Waals surface area (Å²) in [5, 5.41) is 5.47. The quantitative estimate of drug-likeness (QED) is 0.531. The van der Waals surface area contributed by atoms with Gasteiger partial charge in [-0.05, 0) is 48.6 Å². The van der Waals surface area contributed by atoms with Gasteiger partial charge in [0, 0.05) is 30.2 Å². The molecule has 0 fully saturated rings. The third-order valence-corrected chi connectivity index (χ3v) is 4.84. The summed E-state index contributed by atoms with van der Waals surface area (Å²) >= 11 is 1.68. The molecule has 2 heterocycles. The van der Waals surface area contributed by atoms with E-state index in [1.807, 2.05) is 55.8 Å². The largest absolute Gasteiger partial charge is 0.493 e. The van der Waals surface area contributed by atoms with E-state index in [1.165, 1.54) is 4.88 Å². The highest BCUT2D eigenvalue weighted by molar-refractivity contribution is 7.09. The summed E-state index contributed by atoms with van der Waals surface area (Å²) in [4.78, 5) is 5.51. The Labute approximate surface area is 170 Å². The first kappa shape index (κ1) is 20.2. The van der Waals surface area contributed by atoms with E-state index >= 15 is 0 Å². The van der Waals surface area contributed by atoms with Crippen LogP contribution in [0.3, 0.4) is 0 Å². The van der Waals surface area contributed by atoms with Gasteiger partial charge in [0.25, 0.3) is 0 Å². The van der Waals surface area contributed by atoms with E-state index in [0.29, 0.717) is 12.5 Å². The Morgan fingerprint density at radius 3 is 2.54 bits per heavy atom. The number of hydrogen-bond donors (Lipinski definition) is 1. The Morgan fingerprint density at radius 1 is 1.04 bits per heavy atom. The lowest BCUT2D eigenvalue weighted by Crippen LogP contribution is -2.13. The molecule has 1 N–H and O–H groups in total. The van der Waals surface area contributed by atoms with E-state index < -0.39 is 0 Å². The highest BCUT2D eigenvalue weighted by atomic mass is 32.1. The molecular formula is C22H26N2O3S. The number of aromatic nitrogens is 1. The molecule has 0 spiro atoms. The van der Waals surface area contributed by atoms with E-state index in [0.717, 1.165) is 35.7 Å². The van der Waals surface area contributed by atoms with Crippen molar-refractivity contribution in [3.8, 4) is 17.4 Å². The third kappa shape index (κ3) is 5.97. The number of methoxy groups -OCH3 is 1. The maximum Gasteiger partial charge on any atom is 0.213 e. The molecule has 0 unspecified atom stereocenters. The summed E-state index contributed by atoms with van der Waals surface area (Å²) in [6, 6.07) is 14.0. The van der Waals surface area contributed by atoms with Gasteiger partial charge in [-0.2, -0.15) is 0 Å². The predicted molar refractivity (Wildman–Crippen MR) is 112 cm³/mol. The van der Waals surface area contributed by atoms with Gasteiger partial charge in [-0.1, -0.05) is 18.2 Å². The van der Waals surface area contributed by atoms with Gasteiger partial charge in [0.2, 0.25) is 5.88 Å². The molecule has 5 nitrogen and oxygen atoms in total. The zero-order valence-corrected chi connectivity index (χ0v) is 17.3. The first-order valence-corrected chi connectivity index (χ1v) is 10.2. The summed E-state index contributed by atoms with van der Waals surface area (Å²) in [5.74, 6) is 2.15. The normalized spacial score (nSPS) is 10.9. The van der Waals surface area contributed by atoms with E-state index in [1.54, 1.807) is 18.4 Å². The molecule has 0 aliphatic carbocycles. The number of nitrogens with one attached hydrogen (secondary N) is 1. The van der Waals surface area contributed by atoms with Crippen LogP contribution in [0.5, 0.6) is 17.4 Å². The molecule has 1 aromatic carbocycles. The Balaban J connectivity index is 1.51. The van der Waals surface area contributed by atoms with Crippen LogP contribution in [0.15, 0.2) is 54.0 Å². The van der Waals surface area contributed by atoms with Crippen LogP contribution < -0.4 is 19.5 Å². The molecule has 0 amide bonds. The van der Waals surface area contributed by atoms with Gasteiger partial charge in [-0.25, -0.2) is 4.98 Å². The van der Waals surface area contributed by atoms with Gasteiger partial charge in [0.05, 0.1) is 13.2 Å². The topological polar surface area (TPSA) is 52.6 Å². The molecule has 0 bridgehead atoms. The second-order valence-electron chi connectivity index (χ2n) is 6.63. The number of benzene rings is 1. The number of ether oxygens (including phenoxy) is 3. The molecule has 0 atom stereocenters. The molecule has 2 aromatic heterocycles. The highest BCUT2D eigenvalue weighted by Crippen LogP contribution is 2.29. The van der Waals surface area contributed by atoms with E-state index in [4.69, 9.17) is 14.2 Å². The molecule has 0 aliphatic rings. The summed E-state index contributed by atoms with van der Waals surface area (Å²) in [6.07, 6.45) is 1.97. The van der Waals surface area contributed by atoms with Gasteiger partial charge >= 0.3 is 0 Å². The van der Waals surface area contributed by atoms with Crippen LogP contribution in [-0.4, -0.2) is 18.2 Å². The van der Waals surface area contributed by atoms with Crippen LogP contribution in [0.4, 0.5) is 0 Å². The Hall–Kier alpha value is -2.57. The van der Waals surface area contributed by atoms with Crippen molar-refractivity contribution in [2.75, 3.05) is 7.11 Å². The van der Waals surface area contributed by atoms with Crippen molar-refractivity contribution in [1.29, 1.82) is 0 Å². The fourth-order valence-electron chi connectivity index (χ4n) is 2.66. The summed E-state index contributed by atoms with van der Waals surface area (Å²) in [6.45, 7) is 5.99. The average Bonchev–Trinajstić information content (AvgIpc) is 3.21. The van der Waals surface area contributed by atoms with Crippen molar-refractivity contribution < 1.29 is 14.2 Å². The summed E-state index contributed by atoms with van der Waals surface area (Å²) in [7, 11) is 1.66. The molecule has 0 radical (unpaired) electrons. The lowest BCUT2D eigenvalue weighted by molar-refractivity contribution is 0.232. The lowest BCUT2D eigenvalue weighted by atomic mass is 10.2. The first-order valence-electron chi connectivity index (χ1n) is 9.28. The van der Waals surface area contributed by atoms with Crippen molar-refractivity contribution in [2.45, 2.75) is 39.6 Å². The Kier molecular flexibility index (Phi) is 7.28. The van der Waals surface area contributed by atoms with Crippen molar-refractivity contribution in [2.24, 2.45) is 0 Å². The van der Waals surface area contributed by atoms with Crippen LogP contribution in [0.2, 0.25) is 0 Å². The van der Waals surface area contributed by atoms with Crippen molar-refractivity contribution in [1.82, 2.24) is 10.3 Å². The van der Waals surface area contributed by atoms with Crippen LogP contribution >= 0.6 is 11.3 Å². The molecule has 28 heavy (non-hydrogen) atoms. The maximum absolute atomic E-state index is 5.88. The van der Waals surface area contributed by atoms with Crippen LogP contribution in [-0.2, 0) is 19.7 Å². The standard InChI is InChI=1S/C22H26N2O3S/c1-16(2)27-22-9-7-18(14-24-22)13-23-12-17-6-8-20(21(11-17)25-3)26-15-19-5-4-10-28-19/h4-11,14,16,23H,12-13,15H2,1-3H3. The predicted octanol–water partition coefficient (Wildman–Crippen LogP) is 4.81. The minimum Gasteiger partial charge on any atom is -0.493 e. The second kappa shape index (κ2) is 10.1. The Morgan fingerprint density at radius 2 is 1.86 bits per heavy atom. The van der Waals surface area contributed by atoms with Crippen LogP contribution in [0.1, 0.15) is 29.9 Å². The number of pyridine rings is 1. The van der Waals surface area contributed by atoms with Gasteiger partial charge in [0.15, 0.2) is 11.5 Å².